The fourth-order valence-electron chi connectivity index (χ4n) is 3.89. The highest BCUT2D eigenvalue weighted by Crippen LogP contribution is 2.39. The Kier molecular flexibility index (Phi) is 7.27. The van der Waals surface area contributed by atoms with Crippen LogP contribution in [0.3, 0.4) is 0 Å². The van der Waals surface area contributed by atoms with E-state index in [4.69, 9.17) is 4.74 Å². The van der Waals surface area contributed by atoms with Crippen molar-refractivity contribution in [3.8, 4) is 5.75 Å². The first-order valence-electron chi connectivity index (χ1n) is 11.2. The third-order valence-corrected chi connectivity index (χ3v) is 8.15. The number of aryl methyl sites for hydroxylation is 1. The Hall–Kier alpha value is -2.85. The lowest BCUT2D eigenvalue weighted by Gasteiger charge is -2.39. The third-order valence-electron chi connectivity index (χ3n) is 5.97. The van der Waals surface area contributed by atoms with Gasteiger partial charge in [0.1, 0.15) is 5.75 Å². The number of anilines is 1. The fraction of sp³-hybridized carbons (Fsp3) is 0.417. The summed E-state index contributed by atoms with van der Waals surface area (Å²) in [5.41, 5.74) is 1.46. The van der Waals surface area contributed by atoms with Crippen LogP contribution >= 0.6 is 23.1 Å². The summed E-state index contributed by atoms with van der Waals surface area (Å²) in [6.45, 7) is 8.81. The smallest absolute Gasteiger partial charge is 0.257 e. The fourth-order valence-corrected chi connectivity index (χ4v) is 5.83. The molecule has 0 radical (unpaired) electrons. The van der Waals surface area contributed by atoms with Crippen molar-refractivity contribution in [2.45, 2.75) is 41.8 Å². The van der Waals surface area contributed by atoms with E-state index in [1.807, 2.05) is 26.0 Å². The van der Waals surface area contributed by atoms with Gasteiger partial charge in [-0.25, -0.2) is 4.98 Å². The number of methoxy groups -OCH3 is 1. The molecule has 2 aliphatic rings. The van der Waals surface area contributed by atoms with Gasteiger partial charge in [0.05, 0.1) is 23.1 Å². The summed E-state index contributed by atoms with van der Waals surface area (Å²) in [5, 5.41) is 3.46. The maximum atomic E-state index is 13.4. The van der Waals surface area contributed by atoms with Crippen LogP contribution in [-0.4, -0.2) is 65.3 Å². The monoisotopic (exact) mass is 500 g/mol. The number of benzene rings is 1. The third kappa shape index (κ3) is 5.28. The molecule has 180 valence electrons. The van der Waals surface area contributed by atoms with Crippen LogP contribution in [0.15, 0.2) is 40.1 Å². The Morgan fingerprint density at radius 2 is 2.06 bits per heavy atom. The number of hydrogen-bond donors (Lipinski definition) is 1. The normalized spacial score (nSPS) is 17.9. The Labute approximate surface area is 207 Å². The van der Waals surface area contributed by atoms with E-state index in [-0.39, 0.29) is 29.7 Å². The van der Waals surface area contributed by atoms with Gasteiger partial charge in [0.25, 0.3) is 5.91 Å². The number of thiazole rings is 1. The van der Waals surface area contributed by atoms with Crippen molar-refractivity contribution in [3.63, 3.8) is 0 Å². The van der Waals surface area contributed by atoms with Gasteiger partial charge in [0.2, 0.25) is 11.8 Å². The summed E-state index contributed by atoms with van der Waals surface area (Å²) < 4.78 is 6.45. The van der Waals surface area contributed by atoms with Gasteiger partial charge in [-0.3, -0.25) is 14.4 Å². The van der Waals surface area contributed by atoms with E-state index in [0.717, 1.165) is 27.5 Å². The highest BCUT2D eigenvalue weighted by molar-refractivity contribution is 8.01. The molecule has 1 saturated heterocycles. The van der Waals surface area contributed by atoms with Crippen LogP contribution in [0.5, 0.6) is 5.75 Å². The molecule has 1 saturated carbocycles. The predicted octanol–water partition coefficient (Wildman–Crippen LogP) is 3.82. The number of aromatic nitrogens is 1. The van der Waals surface area contributed by atoms with E-state index in [9.17, 15) is 14.4 Å². The zero-order valence-corrected chi connectivity index (χ0v) is 21.1. The van der Waals surface area contributed by atoms with E-state index in [0.29, 0.717) is 36.1 Å². The lowest BCUT2D eigenvalue weighted by atomic mass is 10.1. The van der Waals surface area contributed by atoms with Crippen LogP contribution in [0.25, 0.3) is 0 Å². The molecule has 2 aromatic rings. The molecule has 4 rings (SSSR count). The van der Waals surface area contributed by atoms with Gasteiger partial charge in [-0.1, -0.05) is 29.7 Å². The topological polar surface area (TPSA) is 91.8 Å². The summed E-state index contributed by atoms with van der Waals surface area (Å²) in [6, 6.07) is 3.62. The number of carbonyl (C=O) groups excluding carboxylic acids is 3. The Morgan fingerprint density at radius 3 is 2.71 bits per heavy atom. The molecular weight excluding hydrogens is 472 g/mol. The molecule has 0 unspecified atom stereocenters. The molecule has 1 N–H and O–H groups in total. The standard InChI is InChI=1S/C24H28N4O4S2/c1-5-20(29)28-9-8-27(13-15(28)3)23(31)17-11-19(14(2)10-18(17)32-4)33-21-12-25-24(34-21)26-22(30)16-6-7-16/h5,10-12,15-16H,1,6-9,13H2,2-4H3,(H,25,26,30)/t15-/m1/s1. The van der Waals surface area contributed by atoms with Crippen molar-refractivity contribution in [3.05, 3.63) is 42.1 Å². The Balaban J connectivity index is 1.50. The average molecular weight is 501 g/mol. The highest BCUT2D eigenvalue weighted by atomic mass is 32.2. The Morgan fingerprint density at radius 1 is 1.29 bits per heavy atom. The minimum absolute atomic E-state index is 0.0310. The van der Waals surface area contributed by atoms with Gasteiger partial charge in [-0.05, 0) is 50.5 Å². The number of nitrogens with zero attached hydrogens (tertiary/aromatic N) is 3. The number of ether oxygens (including phenoxy) is 1. The van der Waals surface area contributed by atoms with Gasteiger partial charge < -0.3 is 19.9 Å². The summed E-state index contributed by atoms with van der Waals surface area (Å²) in [4.78, 5) is 46.2. The van der Waals surface area contributed by atoms with Crippen LogP contribution in [0.4, 0.5) is 5.13 Å². The zero-order valence-electron chi connectivity index (χ0n) is 19.5. The molecule has 0 bridgehead atoms. The summed E-state index contributed by atoms with van der Waals surface area (Å²) in [5.74, 6) is 0.424. The first-order valence-corrected chi connectivity index (χ1v) is 12.8. The minimum atomic E-state index is -0.127. The maximum absolute atomic E-state index is 13.4. The van der Waals surface area contributed by atoms with E-state index in [1.165, 1.54) is 29.2 Å². The number of piperazine rings is 1. The molecule has 1 aliphatic heterocycles. The molecule has 0 spiro atoms. The molecule has 1 aliphatic carbocycles. The molecule has 2 fully saturated rings. The highest BCUT2D eigenvalue weighted by Gasteiger charge is 2.31. The van der Waals surface area contributed by atoms with Crippen molar-refractivity contribution in [2.75, 3.05) is 32.1 Å². The second-order valence-corrected chi connectivity index (χ2v) is 10.9. The molecule has 1 aromatic heterocycles. The van der Waals surface area contributed by atoms with Gasteiger partial charge in [-0.2, -0.15) is 0 Å². The van der Waals surface area contributed by atoms with E-state index < -0.39 is 0 Å². The van der Waals surface area contributed by atoms with Crippen molar-refractivity contribution in [1.82, 2.24) is 14.8 Å². The number of hydrogen-bond acceptors (Lipinski definition) is 7. The van der Waals surface area contributed by atoms with Gasteiger partial charge in [0.15, 0.2) is 5.13 Å². The summed E-state index contributed by atoms with van der Waals surface area (Å²) in [7, 11) is 1.56. The molecule has 3 amide bonds. The maximum Gasteiger partial charge on any atom is 0.257 e. The Bertz CT molecular complexity index is 1130. The molecule has 1 atom stereocenters. The molecule has 10 heteroatoms. The number of carbonyl (C=O) groups is 3. The molecule has 34 heavy (non-hydrogen) atoms. The average Bonchev–Trinajstić information content (AvgIpc) is 3.60. The van der Waals surface area contributed by atoms with Gasteiger partial charge in [-0.15, -0.1) is 0 Å². The van der Waals surface area contributed by atoms with E-state index >= 15 is 0 Å². The van der Waals surface area contributed by atoms with Crippen LogP contribution in [0.1, 0.15) is 35.7 Å². The zero-order chi connectivity index (χ0) is 24.4. The van der Waals surface area contributed by atoms with Crippen molar-refractivity contribution in [1.29, 1.82) is 0 Å². The molecular formula is C24H28N4O4S2. The van der Waals surface area contributed by atoms with Crippen molar-refractivity contribution < 1.29 is 19.1 Å². The first kappa shape index (κ1) is 24.3. The molecule has 2 heterocycles. The van der Waals surface area contributed by atoms with Crippen LogP contribution < -0.4 is 10.1 Å². The molecule has 1 aromatic carbocycles. The van der Waals surface area contributed by atoms with Crippen LogP contribution in [0, 0.1) is 12.8 Å². The second kappa shape index (κ2) is 10.2. The van der Waals surface area contributed by atoms with Gasteiger partial charge in [0, 0.05) is 36.5 Å². The van der Waals surface area contributed by atoms with E-state index in [2.05, 4.69) is 16.9 Å². The predicted molar refractivity (Wildman–Crippen MR) is 133 cm³/mol. The molecule has 8 nitrogen and oxygen atoms in total. The SMILES string of the molecule is C=CC(=O)N1CCN(C(=O)c2cc(Sc3cnc(NC(=O)C4CC4)s3)c(C)cc2OC)C[C@H]1C. The number of rotatable bonds is 7. The first-order chi connectivity index (χ1) is 16.3. The van der Waals surface area contributed by atoms with Crippen LogP contribution in [0.2, 0.25) is 0 Å². The van der Waals surface area contributed by atoms with Crippen molar-refractivity contribution >= 4 is 46.0 Å². The summed E-state index contributed by atoms with van der Waals surface area (Å²) in [6.07, 6.45) is 4.93. The van der Waals surface area contributed by atoms with Crippen molar-refractivity contribution in [2.24, 2.45) is 5.92 Å². The van der Waals surface area contributed by atoms with Gasteiger partial charge >= 0.3 is 0 Å². The summed E-state index contributed by atoms with van der Waals surface area (Å²) >= 11 is 2.92. The second-order valence-electron chi connectivity index (χ2n) is 8.50. The quantitative estimate of drug-likeness (QED) is 0.581. The largest absolute Gasteiger partial charge is 0.496 e. The van der Waals surface area contributed by atoms with E-state index in [1.54, 1.807) is 23.1 Å². The lowest BCUT2D eigenvalue weighted by Crippen LogP contribution is -2.55. The number of nitrogens with one attached hydrogen (secondary N) is 1. The van der Waals surface area contributed by atoms with Crippen LogP contribution in [-0.2, 0) is 9.59 Å². The lowest BCUT2D eigenvalue weighted by molar-refractivity contribution is -0.129. The number of amides is 3. The minimum Gasteiger partial charge on any atom is -0.496 e.